The first kappa shape index (κ1) is 14.4. The van der Waals surface area contributed by atoms with Gasteiger partial charge in [-0.3, -0.25) is 4.79 Å². The van der Waals surface area contributed by atoms with Crippen LogP contribution in [0.4, 0.5) is 5.69 Å². The van der Waals surface area contributed by atoms with Crippen molar-refractivity contribution in [3.63, 3.8) is 0 Å². The molecule has 20 heavy (non-hydrogen) atoms. The van der Waals surface area contributed by atoms with Gasteiger partial charge in [-0.15, -0.1) is 0 Å². The standard InChI is InChI=1S/C16H16ClNO2/c1-12-7-8-13(17)11-15(12)18-16(19)9-10-20-14-5-3-2-4-6-14/h2-8,11H,9-10H2,1H3,(H,18,19). The van der Waals surface area contributed by atoms with Gasteiger partial charge in [0.05, 0.1) is 13.0 Å². The van der Waals surface area contributed by atoms with Crippen LogP contribution in [-0.2, 0) is 4.79 Å². The van der Waals surface area contributed by atoms with Crippen LogP contribution >= 0.6 is 11.6 Å². The predicted octanol–water partition coefficient (Wildman–Crippen LogP) is 4.06. The maximum Gasteiger partial charge on any atom is 0.227 e. The van der Waals surface area contributed by atoms with Crippen LogP contribution in [-0.4, -0.2) is 12.5 Å². The van der Waals surface area contributed by atoms with Gasteiger partial charge in [0.2, 0.25) is 5.91 Å². The number of amides is 1. The van der Waals surface area contributed by atoms with E-state index in [0.29, 0.717) is 18.1 Å². The maximum atomic E-state index is 11.8. The van der Waals surface area contributed by atoms with E-state index in [1.807, 2.05) is 43.3 Å². The number of nitrogens with one attached hydrogen (secondary N) is 1. The zero-order valence-corrected chi connectivity index (χ0v) is 12.0. The number of hydrogen-bond donors (Lipinski definition) is 1. The molecule has 0 unspecified atom stereocenters. The molecule has 0 saturated heterocycles. The van der Waals surface area contributed by atoms with E-state index in [-0.39, 0.29) is 5.91 Å². The summed E-state index contributed by atoms with van der Waals surface area (Å²) in [6.45, 7) is 2.27. The highest BCUT2D eigenvalue weighted by atomic mass is 35.5. The highest BCUT2D eigenvalue weighted by molar-refractivity contribution is 6.31. The van der Waals surface area contributed by atoms with Gasteiger partial charge in [-0.1, -0.05) is 35.9 Å². The maximum absolute atomic E-state index is 11.8. The second-order valence-electron chi connectivity index (χ2n) is 4.42. The van der Waals surface area contributed by atoms with Crippen LogP contribution in [0.2, 0.25) is 5.02 Å². The predicted molar refractivity (Wildman–Crippen MR) is 81.4 cm³/mol. The molecular weight excluding hydrogens is 274 g/mol. The Kier molecular flexibility index (Phi) is 5.02. The molecule has 0 bridgehead atoms. The summed E-state index contributed by atoms with van der Waals surface area (Å²) in [5.41, 5.74) is 1.72. The Balaban J connectivity index is 1.82. The number of halogens is 1. The van der Waals surface area contributed by atoms with Crippen molar-refractivity contribution in [1.82, 2.24) is 0 Å². The molecule has 0 radical (unpaired) electrons. The molecule has 4 heteroatoms. The summed E-state index contributed by atoms with van der Waals surface area (Å²) in [5.74, 6) is 0.672. The van der Waals surface area contributed by atoms with Crippen LogP contribution in [0, 0.1) is 6.92 Å². The van der Waals surface area contributed by atoms with E-state index in [4.69, 9.17) is 16.3 Å². The van der Waals surface area contributed by atoms with E-state index >= 15 is 0 Å². The van der Waals surface area contributed by atoms with Crippen LogP contribution in [0.25, 0.3) is 0 Å². The minimum absolute atomic E-state index is 0.0914. The van der Waals surface area contributed by atoms with Gasteiger partial charge < -0.3 is 10.1 Å². The number of rotatable bonds is 5. The molecule has 0 spiro atoms. The zero-order valence-electron chi connectivity index (χ0n) is 11.2. The Morgan fingerprint density at radius 3 is 2.70 bits per heavy atom. The fourth-order valence-electron chi connectivity index (χ4n) is 1.72. The number of ether oxygens (including phenoxy) is 1. The molecule has 0 aliphatic carbocycles. The van der Waals surface area contributed by atoms with Gasteiger partial charge in [0.25, 0.3) is 0 Å². The van der Waals surface area contributed by atoms with Crippen molar-refractivity contribution in [2.45, 2.75) is 13.3 Å². The third-order valence-electron chi connectivity index (χ3n) is 2.81. The number of hydrogen-bond acceptors (Lipinski definition) is 2. The Morgan fingerprint density at radius 2 is 1.95 bits per heavy atom. The Bertz CT molecular complexity index is 584. The van der Waals surface area contributed by atoms with Crippen LogP contribution < -0.4 is 10.1 Å². The first-order valence-corrected chi connectivity index (χ1v) is 6.77. The minimum Gasteiger partial charge on any atom is -0.493 e. The van der Waals surface area contributed by atoms with E-state index < -0.39 is 0 Å². The van der Waals surface area contributed by atoms with Crippen molar-refractivity contribution in [3.05, 3.63) is 59.1 Å². The van der Waals surface area contributed by atoms with Crippen molar-refractivity contribution < 1.29 is 9.53 Å². The SMILES string of the molecule is Cc1ccc(Cl)cc1NC(=O)CCOc1ccccc1. The molecular formula is C16H16ClNO2. The quantitative estimate of drug-likeness (QED) is 0.901. The summed E-state index contributed by atoms with van der Waals surface area (Å²) in [6, 6.07) is 14.8. The molecule has 0 saturated carbocycles. The van der Waals surface area contributed by atoms with Crippen molar-refractivity contribution in [2.24, 2.45) is 0 Å². The first-order valence-electron chi connectivity index (χ1n) is 6.39. The second kappa shape index (κ2) is 6.96. The average Bonchev–Trinajstić information content (AvgIpc) is 2.44. The monoisotopic (exact) mass is 289 g/mol. The fraction of sp³-hybridized carbons (Fsp3) is 0.188. The summed E-state index contributed by atoms with van der Waals surface area (Å²) in [4.78, 5) is 11.8. The molecule has 0 aliphatic rings. The Labute approximate surface area is 123 Å². The normalized spacial score (nSPS) is 10.1. The Hall–Kier alpha value is -2.00. The van der Waals surface area contributed by atoms with E-state index in [0.717, 1.165) is 17.0 Å². The molecule has 2 aromatic carbocycles. The third-order valence-corrected chi connectivity index (χ3v) is 3.05. The number of carbonyl (C=O) groups excluding carboxylic acids is 1. The highest BCUT2D eigenvalue weighted by Gasteiger charge is 2.05. The summed E-state index contributed by atoms with van der Waals surface area (Å²) < 4.78 is 5.48. The molecule has 0 heterocycles. The molecule has 0 aliphatic heterocycles. The molecule has 3 nitrogen and oxygen atoms in total. The Morgan fingerprint density at radius 1 is 1.20 bits per heavy atom. The average molecular weight is 290 g/mol. The number of carbonyl (C=O) groups is 1. The molecule has 104 valence electrons. The minimum atomic E-state index is -0.0914. The van der Waals surface area contributed by atoms with Gasteiger partial charge in [0, 0.05) is 10.7 Å². The van der Waals surface area contributed by atoms with Crippen LogP contribution in [0.1, 0.15) is 12.0 Å². The van der Waals surface area contributed by atoms with Gasteiger partial charge in [0.1, 0.15) is 5.75 Å². The molecule has 2 aromatic rings. The van der Waals surface area contributed by atoms with Gasteiger partial charge >= 0.3 is 0 Å². The number of anilines is 1. The lowest BCUT2D eigenvalue weighted by molar-refractivity contribution is -0.116. The van der Waals surface area contributed by atoms with Gasteiger partial charge in [-0.2, -0.15) is 0 Å². The van der Waals surface area contributed by atoms with E-state index in [2.05, 4.69) is 5.32 Å². The fourth-order valence-corrected chi connectivity index (χ4v) is 1.89. The number of para-hydroxylation sites is 1. The third kappa shape index (κ3) is 4.28. The molecule has 0 aromatic heterocycles. The van der Waals surface area contributed by atoms with Crippen molar-refractivity contribution >= 4 is 23.2 Å². The molecule has 0 atom stereocenters. The molecule has 0 fully saturated rings. The lowest BCUT2D eigenvalue weighted by atomic mass is 10.2. The van der Waals surface area contributed by atoms with Crippen LogP contribution in [0.3, 0.4) is 0 Å². The summed E-state index contributed by atoms with van der Waals surface area (Å²) >= 11 is 5.91. The van der Waals surface area contributed by atoms with Crippen LogP contribution in [0.15, 0.2) is 48.5 Å². The van der Waals surface area contributed by atoms with E-state index in [1.165, 1.54) is 0 Å². The smallest absolute Gasteiger partial charge is 0.227 e. The summed E-state index contributed by atoms with van der Waals surface area (Å²) in [5, 5.41) is 3.44. The lowest BCUT2D eigenvalue weighted by Crippen LogP contribution is -2.15. The van der Waals surface area contributed by atoms with Crippen molar-refractivity contribution in [2.75, 3.05) is 11.9 Å². The number of benzene rings is 2. The molecule has 1 N–H and O–H groups in total. The lowest BCUT2D eigenvalue weighted by Gasteiger charge is -2.09. The summed E-state index contributed by atoms with van der Waals surface area (Å²) in [7, 11) is 0. The second-order valence-corrected chi connectivity index (χ2v) is 4.86. The van der Waals surface area contributed by atoms with Gasteiger partial charge in [-0.05, 0) is 36.8 Å². The van der Waals surface area contributed by atoms with Gasteiger partial charge in [-0.25, -0.2) is 0 Å². The first-order chi connectivity index (χ1) is 9.65. The largest absolute Gasteiger partial charge is 0.493 e. The number of aryl methyl sites for hydroxylation is 1. The van der Waals surface area contributed by atoms with Crippen molar-refractivity contribution in [1.29, 1.82) is 0 Å². The van der Waals surface area contributed by atoms with Gasteiger partial charge in [0.15, 0.2) is 0 Å². The van der Waals surface area contributed by atoms with E-state index in [9.17, 15) is 4.79 Å². The van der Waals surface area contributed by atoms with Crippen molar-refractivity contribution in [3.8, 4) is 5.75 Å². The molecule has 1 amide bonds. The zero-order chi connectivity index (χ0) is 14.4. The summed E-state index contributed by atoms with van der Waals surface area (Å²) in [6.07, 6.45) is 0.293. The van der Waals surface area contributed by atoms with E-state index in [1.54, 1.807) is 12.1 Å². The molecule has 2 rings (SSSR count). The topological polar surface area (TPSA) is 38.3 Å². The van der Waals surface area contributed by atoms with Crippen LogP contribution in [0.5, 0.6) is 5.75 Å². The highest BCUT2D eigenvalue weighted by Crippen LogP contribution is 2.20.